The van der Waals surface area contributed by atoms with E-state index in [1.165, 1.54) is 12.1 Å². The van der Waals surface area contributed by atoms with E-state index in [9.17, 15) is 43.9 Å². The molecule has 0 radical (unpaired) electrons. The summed E-state index contributed by atoms with van der Waals surface area (Å²) in [6.07, 6.45) is -9.56. The number of hydrogen-bond donors (Lipinski definition) is 0. The van der Waals surface area contributed by atoms with Crippen LogP contribution in [-0.4, -0.2) is 64.2 Å². The lowest BCUT2D eigenvalue weighted by molar-refractivity contribution is -0.254. The summed E-state index contributed by atoms with van der Waals surface area (Å²) in [7, 11) is 2.00. The number of thiophene rings is 4. The Balaban J connectivity index is 0.000000692. The van der Waals surface area contributed by atoms with Gasteiger partial charge in [0.05, 0.1) is 45.3 Å². The predicted octanol–water partition coefficient (Wildman–Crippen LogP) is 35.7. The Morgan fingerprint density at radius 2 is 0.432 bits per heavy atom. The molecule has 0 spiro atoms. The Morgan fingerprint density at radius 1 is 0.232 bits per heavy atom. The first-order valence-electron chi connectivity index (χ1n) is 33.4. The number of benzene rings is 8. The zero-order valence-corrected chi connectivity index (χ0v) is 66.9. The monoisotopic (exact) mass is 1900 g/mol. The van der Waals surface area contributed by atoms with E-state index in [4.69, 9.17) is 73.2 Å². The van der Waals surface area contributed by atoms with Gasteiger partial charge in [-0.25, -0.2) is 0 Å². The number of aryl methyl sites for hydroxylation is 2. The summed E-state index contributed by atoms with van der Waals surface area (Å²) in [5, 5.41) is 0. The first-order valence-corrected chi connectivity index (χ1v) is 36.7. The number of allylic oxidation sites excluding steroid dienone is 4. The van der Waals surface area contributed by atoms with Crippen molar-refractivity contribution in [1.29, 1.82) is 0 Å². The van der Waals surface area contributed by atoms with Crippen LogP contribution in [0.25, 0.3) is 84.9 Å². The predicted molar refractivity (Wildman–Crippen MR) is 410 cm³/mol. The third-order valence-electron chi connectivity index (χ3n) is 18.2. The van der Waals surface area contributed by atoms with E-state index in [2.05, 4.69) is 0 Å². The normalized spacial score (nSPS) is 15.4. The van der Waals surface area contributed by atoms with Gasteiger partial charge in [-0.1, -0.05) is 205 Å². The van der Waals surface area contributed by atoms with Crippen LogP contribution in [0.2, 0.25) is 0 Å². The van der Waals surface area contributed by atoms with Crippen molar-refractivity contribution in [2.24, 2.45) is 0 Å². The summed E-state index contributed by atoms with van der Waals surface area (Å²) in [5.41, 5.74) is -7.78. The number of rotatable bonds is 10. The summed E-state index contributed by atoms with van der Waals surface area (Å²) in [6.45, 7) is 3.51. The van der Waals surface area contributed by atoms with E-state index in [0.29, 0.717) is 83.2 Å². The largest absolute Gasteiger partial charge is 0.416 e. The number of hydrogen-bond acceptors (Lipinski definition) is 4. The van der Waals surface area contributed by atoms with Crippen LogP contribution in [-0.2, 0) is 17.8 Å². The molecule has 0 saturated carbocycles. The average Bonchev–Trinajstić information content (AvgIpc) is 1.50. The average molecular weight is 1910 g/mol. The third-order valence-corrected chi connectivity index (χ3v) is 23.2. The van der Waals surface area contributed by atoms with Crippen LogP contribution in [0.3, 0.4) is 0 Å². The maximum atomic E-state index is 16.4. The summed E-state index contributed by atoms with van der Waals surface area (Å²) in [6, 6.07) is 59.6. The molecule has 3 aliphatic carbocycles. The Hall–Kier alpha value is -10.6. The van der Waals surface area contributed by atoms with E-state index in [-0.39, 0.29) is 57.1 Å². The molecule has 125 heavy (non-hydrogen) atoms. The van der Waals surface area contributed by atoms with Gasteiger partial charge in [0.1, 0.15) is 0 Å². The van der Waals surface area contributed by atoms with E-state index in [0.717, 1.165) is 100 Å². The fraction of sp³-hybridized carbons (Fsp3) is 0.181. The SMILES string of the molecule is CF.CF.CF.CF.Cc1ccc(-c2cc3c(s2)C(c2ccc(C)cc2)(c2ccc(C(F)(F)F)cc2)c2sc(-c4ccc(C(F)(F)F)cc4)cc2C2=C3C(F)(F)C(F)(F)C2(F)F)cc1.FC1(F)C(c2cc(-c3ccccc3)sc2-c2ccccc2)=C(c2cc(-c3ccccc3)sc2-c2ccccc2)C(F)(F)C1(F)F.FF.FF.FF.FF.FF.FF.FF.FF. The lowest BCUT2D eigenvalue weighted by Gasteiger charge is -2.36. The Labute approximate surface area is 700 Å². The Kier molecular flexibility index (Phi) is 43.1. The molecule has 0 N–H and O–H groups in total. The van der Waals surface area contributed by atoms with Gasteiger partial charge in [0.15, 0.2) is 0 Å². The van der Waals surface area contributed by atoms with Crippen molar-refractivity contribution in [3.63, 3.8) is 0 Å². The van der Waals surface area contributed by atoms with Crippen LogP contribution in [0.15, 0.2) is 243 Å². The molecule has 42 heteroatoms. The van der Waals surface area contributed by atoms with Gasteiger partial charge in [0, 0.05) is 157 Å². The van der Waals surface area contributed by atoms with E-state index in [1.54, 1.807) is 184 Å². The number of halogens is 38. The number of alkyl halides is 22. The zero-order chi connectivity index (χ0) is 95.8. The standard InChI is InChI=1S/C42H24F12S2.C37H22F6S2.4CH3F.8F2/c1-21-3-7-23(8-4-21)31-19-29-33-34(39(45,46)42(53,54)38(33,43)44)30-20-32(24-9-13-27(14-10-24)40(47,48)49)56-36(30)37(35(29)55-31,25-11-5-22(2)6-12-25)26-15-17-28(18-16-26)41(50,51)52;38-35(39)31(27-21-29(23-13-5-1-6-14-23)44-33(27)25-17-9-3-10-18-25)32(36(40,41)37(35,42)43)28-22-30(24-15-7-2-8-16-24)45-34(28)26-19-11-4-12-20-26;12*1-2/h3-20H,1-2H3;1-22H;4*1H3;;;;;;;;. The van der Waals surface area contributed by atoms with Crippen LogP contribution in [0.4, 0.5) is 170 Å². The van der Waals surface area contributed by atoms with Gasteiger partial charge in [0.2, 0.25) is 0 Å². The number of fused-ring (bicyclic) bond motifs is 4. The van der Waals surface area contributed by atoms with Gasteiger partial charge >= 0.3 is 47.9 Å². The molecule has 1 atom stereocenters. The van der Waals surface area contributed by atoms with Crippen molar-refractivity contribution >= 4 is 67.6 Å². The highest BCUT2D eigenvalue weighted by Crippen LogP contribution is 2.72. The molecule has 4 aromatic heterocycles. The van der Waals surface area contributed by atoms with Crippen molar-refractivity contribution in [2.75, 3.05) is 28.7 Å². The highest BCUT2D eigenvalue weighted by atomic mass is 32.1. The molecule has 0 bridgehead atoms. The summed E-state index contributed by atoms with van der Waals surface area (Å²) in [5.74, 6) is -33.0. The zero-order valence-electron chi connectivity index (χ0n) is 63.6. The van der Waals surface area contributed by atoms with Gasteiger partial charge in [-0.3, -0.25) is 17.6 Å². The molecule has 15 rings (SSSR count). The minimum atomic E-state index is -5.93. The second-order valence-corrected chi connectivity index (χ2v) is 28.7. The van der Waals surface area contributed by atoms with Crippen molar-refractivity contribution in [3.05, 3.63) is 308 Å². The summed E-state index contributed by atoms with van der Waals surface area (Å²) in [4.78, 5) is 1.22. The first-order chi connectivity index (χ1) is 59.7. The lowest BCUT2D eigenvalue weighted by atomic mass is 9.69. The van der Waals surface area contributed by atoms with Gasteiger partial charge in [-0.2, -0.15) is 79.0 Å². The minimum absolute atomic E-state index is 0.00884. The van der Waals surface area contributed by atoms with Crippen LogP contribution in [0.1, 0.15) is 65.4 Å². The molecule has 1 unspecified atom stereocenters. The maximum absolute atomic E-state index is 16.4. The van der Waals surface area contributed by atoms with Gasteiger partial charge in [0.25, 0.3) is 0 Å². The lowest BCUT2D eigenvalue weighted by Crippen LogP contribution is -2.49. The molecule has 8 aromatic carbocycles. The van der Waals surface area contributed by atoms with Crippen molar-refractivity contribution in [3.8, 4) is 62.6 Å². The van der Waals surface area contributed by atoms with Crippen molar-refractivity contribution in [1.82, 2.24) is 0 Å². The summed E-state index contributed by atoms with van der Waals surface area (Å²) >= 11 is 3.73. The van der Waals surface area contributed by atoms with Crippen LogP contribution in [0.5, 0.6) is 0 Å². The molecule has 4 heterocycles. The second kappa shape index (κ2) is 48.8. The molecular formula is C83H58F38S4. The minimum Gasteiger partial charge on any atom is -0.255 e. The first kappa shape index (κ1) is 110. The molecule has 680 valence electrons. The highest BCUT2D eigenvalue weighted by Gasteiger charge is 2.82. The smallest absolute Gasteiger partial charge is 0.255 e. The quantitative estimate of drug-likeness (QED) is 0.120. The van der Waals surface area contributed by atoms with E-state index < -0.39 is 97.8 Å². The molecule has 0 amide bonds. The molecule has 0 saturated heterocycles. The fourth-order valence-electron chi connectivity index (χ4n) is 13.2. The van der Waals surface area contributed by atoms with E-state index >= 15 is 52.7 Å². The molecule has 0 nitrogen and oxygen atoms in total. The molecule has 12 aromatic rings. The van der Waals surface area contributed by atoms with Crippen LogP contribution < -0.4 is 0 Å². The molecular weight excluding hydrogens is 1850 g/mol. The fourth-order valence-corrected chi connectivity index (χ4v) is 18.4. The van der Waals surface area contributed by atoms with Gasteiger partial charge in [-0.05, 0) is 107 Å². The molecule has 0 fully saturated rings. The van der Waals surface area contributed by atoms with Gasteiger partial charge < -0.3 is 0 Å². The van der Waals surface area contributed by atoms with Gasteiger partial charge in [-0.15, -0.1) is 45.3 Å². The topological polar surface area (TPSA) is 0 Å². The Bertz CT molecular complexity index is 5070. The molecule has 0 aliphatic heterocycles. The highest BCUT2D eigenvalue weighted by molar-refractivity contribution is 7.20. The van der Waals surface area contributed by atoms with E-state index in [1.807, 2.05) is 0 Å². The van der Waals surface area contributed by atoms with Crippen molar-refractivity contribution in [2.45, 2.75) is 67.2 Å². The summed E-state index contributed by atoms with van der Waals surface area (Å²) < 4.78 is 442. The van der Waals surface area contributed by atoms with Crippen LogP contribution >= 0.6 is 45.3 Å². The third kappa shape index (κ3) is 21.9. The maximum Gasteiger partial charge on any atom is 0.416 e. The van der Waals surface area contributed by atoms with Crippen molar-refractivity contribution < 1.29 is 170 Å². The molecule has 3 aliphatic rings. The van der Waals surface area contributed by atoms with Crippen LogP contribution in [0, 0.1) is 13.8 Å². The Morgan fingerprint density at radius 3 is 0.696 bits per heavy atom. The second-order valence-electron chi connectivity index (χ2n) is 24.5.